The first-order valence-electron chi connectivity index (χ1n) is 20.8. The van der Waals surface area contributed by atoms with Crippen molar-refractivity contribution in [3.63, 3.8) is 0 Å². The Balaban J connectivity index is 0.000000142. The van der Waals surface area contributed by atoms with Crippen molar-refractivity contribution in [3.05, 3.63) is 48.5 Å². The molecule has 4 atom stereocenters. The highest BCUT2D eigenvalue weighted by Gasteiger charge is 2.47. The van der Waals surface area contributed by atoms with Crippen LogP contribution in [0.2, 0.25) is 0 Å². The van der Waals surface area contributed by atoms with E-state index in [0.717, 1.165) is 62.9 Å². The van der Waals surface area contributed by atoms with E-state index in [1.54, 1.807) is 23.1 Å². The Labute approximate surface area is 348 Å². The lowest BCUT2D eigenvalue weighted by Crippen LogP contribution is -2.58. The lowest BCUT2D eigenvalue weighted by molar-refractivity contribution is -0.919. The number of hydrogen-bond acceptors (Lipinski definition) is 12. The van der Waals surface area contributed by atoms with Crippen LogP contribution in [-0.4, -0.2) is 119 Å². The van der Waals surface area contributed by atoms with Crippen molar-refractivity contribution >= 4 is 75.1 Å². The van der Waals surface area contributed by atoms with Gasteiger partial charge in [-0.2, -0.15) is 25.6 Å². The number of piperazine rings is 2. The smallest absolute Gasteiger partial charge is 0.264 e. The van der Waals surface area contributed by atoms with E-state index < -0.39 is 20.2 Å². The van der Waals surface area contributed by atoms with Crippen molar-refractivity contribution in [1.29, 1.82) is 0 Å². The number of anilines is 2. The Morgan fingerprint density at radius 1 is 0.737 bits per heavy atom. The highest BCUT2D eigenvalue weighted by Crippen LogP contribution is 2.41. The fourth-order valence-electron chi connectivity index (χ4n) is 9.63. The molecule has 12 nitrogen and oxygen atoms in total. The Bertz CT molecular complexity index is 2050. The molecule has 2 aromatic carbocycles. The molecule has 5 fully saturated rings. The zero-order valence-corrected chi connectivity index (χ0v) is 37.2. The molecule has 3 saturated heterocycles. The number of fused-ring (bicyclic) bond motifs is 3. The molecule has 5 heterocycles. The van der Waals surface area contributed by atoms with Crippen LogP contribution in [0.3, 0.4) is 0 Å². The van der Waals surface area contributed by atoms with Gasteiger partial charge >= 0.3 is 0 Å². The quantitative estimate of drug-likeness (QED) is 0.116. The highest BCUT2D eigenvalue weighted by molar-refractivity contribution is 7.86. The maximum Gasteiger partial charge on any atom is 0.264 e. The molecular weight excluding hydrogens is 801 g/mol. The van der Waals surface area contributed by atoms with Crippen LogP contribution in [0, 0.1) is 23.7 Å². The van der Waals surface area contributed by atoms with Gasteiger partial charge in [-0.05, 0) is 78.4 Å². The van der Waals surface area contributed by atoms with Gasteiger partial charge in [0.25, 0.3) is 20.2 Å². The van der Waals surface area contributed by atoms with Gasteiger partial charge in [-0.3, -0.25) is 8.74 Å². The van der Waals surface area contributed by atoms with Crippen LogP contribution >= 0.6 is 23.1 Å². The topological polar surface area (TPSA) is 142 Å². The summed E-state index contributed by atoms with van der Waals surface area (Å²) in [5, 5.41) is 6.00. The van der Waals surface area contributed by atoms with Gasteiger partial charge in [0, 0.05) is 48.8 Å². The van der Waals surface area contributed by atoms with E-state index in [4.69, 9.17) is 13.1 Å². The van der Waals surface area contributed by atoms with Crippen LogP contribution < -0.4 is 15.1 Å². The molecule has 16 heteroatoms. The second-order valence-corrected chi connectivity index (χ2v) is 21.3. The maximum absolute atomic E-state index is 10.8. The van der Waals surface area contributed by atoms with Crippen molar-refractivity contribution in [2.75, 3.05) is 94.4 Å². The lowest BCUT2D eigenvalue weighted by atomic mass is 9.78. The first-order chi connectivity index (χ1) is 27.3. The summed E-state index contributed by atoms with van der Waals surface area (Å²) < 4.78 is 65.8. The largest absolute Gasteiger partial charge is 0.353 e. The van der Waals surface area contributed by atoms with E-state index in [-0.39, 0.29) is 0 Å². The van der Waals surface area contributed by atoms with Gasteiger partial charge in [0.05, 0.1) is 67.8 Å². The second-order valence-electron chi connectivity index (χ2n) is 16.6. The van der Waals surface area contributed by atoms with E-state index in [0.29, 0.717) is 24.7 Å². The Morgan fingerprint density at radius 3 is 1.68 bits per heavy atom. The monoisotopic (exact) mass is 863 g/mol. The fraction of sp³-hybridized carbons (Fsp3) is 0.659. The summed E-state index contributed by atoms with van der Waals surface area (Å²) in [6, 6.07) is 17.1. The van der Waals surface area contributed by atoms with E-state index in [1.807, 2.05) is 0 Å². The molecule has 0 amide bonds. The molecule has 4 aromatic rings. The third kappa shape index (κ3) is 12.8. The summed E-state index contributed by atoms with van der Waals surface area (Å²) in [4.78, 5) is 4.92. The first kappa shape index (κ1) is 44.1. The molecule has 2 aliphatic carbocycles. The number of nitrogens with one attached hydrogen (secondary N) is 1. The van der Waals surface area contributed by atoms with E-state index in [1.165, 1.54) is 115 Å². The van der Waals surface area contributed by atoms with E-state index in [9.17, 15) is 16.8 Å². The third-order valence-corrected chi connectivity index (χ3v) is 14.7. The molecule has 2 N–H and O–H groups in total. The van der Waals surface area contributed by atoms with Crippen molar-refractivity contribution < 1.29 is 30.1 Å². The minimum Gasteiger partial charge on any atom is -0.353 e. The minimum absolute atomic E-state index is 0.386. The highest BCUT2D eigenvalue weighted by atomic mass is 32.2. The summed E-state index contributed by atoms with van der Waals surface area (Å²) in [7, 11) is -6.92. The van der Waals surface area contributed by atoms with Crippen molar-refractivity contribution in [2.45, 2.75) is 64.7 Å². The molecule has 0 radical (unpaired) electrons. The van der Waals surface area contributed by atoms with Crippen LogP contribution in [0.15, 0.2) is 48.5 Å². The molecule has 9 rings (SSSR count). The van der Waals surface area contributed by atoms with Gasteiger partial charge < -0.3 is 19.6 Å². The van der Waals surface area contributed by atoms with Crippen LogP contribution in [0.25, 0.3) is 20.2 Å². The fourth-order valence-corrected chi connectivity index (χ4v) is 11.6. The predicted molar refractivity (Wildman–Crippen MR) is 236 cm³/mol. The zero-order valence-electron chi connectivity index (χ0n) is 33.9. The van der Waals surface area contributed by atoms with Crippen LogP contribution in [-0.2, 0) is 24.4 Å². The number of hydrogen-bond donors (Lipinski definition) is 2. The van der Waals surface area contributed by atoms with E-state index >= 15 is 0 Å². The Kier molecular flexibility index (Phi) is 15.6. The zero-order chi connectivity index (χ0) is 40.5. The van der Waals surface area contributed by atoms with Gasteiger partial charge in [0.15, 0.2) is 5.82 Å². The van der Waals surface area contributed by atoms with Gasteiger partial charge in [-0.25, -0.2) is 0 Å². The van der Waals surface area contributed by atoms with E-state index in [2.05, 4.69) is 74.9 Å². The molecule has 57 heavy (non-hydrogen) atoms. The molecule has 0 unspecified atom stereocenters. The normalized spacial score (nSPS) is 24.8. The SMILES string of the molecule is CC[C@@H]1CCCC[C@H]1COS(C)(=O)=O.CS(=O)(=O)O.c1ccc2c(N3CCNCC3)nsc2c1.c1ccc2c(N3CC[N+]4(CC3)C[C@@H]3CCCC[C@H]3C4)nsc2c1. The number of nitrogens with zero attached hydrogens (tertiary/aromatic N) is 5. The summed E-state index contributed by atoms with van der Waals surface area (Å²) >= 11 is 3.25. The van der Waals surface area contributed by atoms with Gasteiger partial charge in [0.1, 0.15) is 5.82 Å². The number of quaternary nitrogens is 1. The van der Waals surface area contributed by atoms with Crippen molar-refractivity contribution in [3.8, 4) is 0 Å². The molecule has 2 saturated carbocycles. The van der Waals surface area contributed by atoms with Gasteiger partial charge in [0.2, 0.25) is 0 Å². The summed E-state index contributed by atoms with van der Waals surface area (Å²) in [5.41, 5.74) is 0. The van der Waals surface area contributed by atoms with Crippen molar-refractivity contribution in [1.82, 2.24) is 14.1 Å². The molecule has 0 bridgehead atoms. The standard InChI is InChI=1S/C19H26N3S.C11H13N3S.C10H20O3S.CH4O3S/c1-2-6-16-14-22(13-15(16)5-1)11-9-21(10-12-22)19-17-7-3-4-8-18(17)23-20-19;1-2-4-10-9(3-1)11(13-15-10)14-7-5-12-6-8-14;1-3-9-6-4-5-7-10(9)8-13-14(2,11)12;1-5(2,3)4/h3-4,7-8,15-16H,1-2,5-6,9-14H2;1-4,12H,5-8H2;9-10H,3-8H2,1-2H3;1H3,(H,2,3,4)/q+1;;;/t15-,16-;;9-,10+;/m0.1./s1. The molecule has 2 aromatic heterocycles. The van der Waals surface area contributed by atoms with Crippen molar-refractivity contribution in [2.24, 2.45) is 23.7 Å². The second kappa shape index (κ2) is 20.2. The molecule has 3 aliphatic heterocycles. The maximum atomic E-state index is 10.8. The number of aromatic nitrogens is 2. The molecule has 316 valence electrons. The van der Waals surface area contributed by atoms with Gasteiger partial charge in [-0.15, -0.1) is 0 Å². The summed E-state index contributed by atoms with van der Waals surface area (Å²) in [6.45, 7) is 14.8. The number of benzene rings is 2. The summed E-state index contributed by atoms with van der Waals surface area (Å²) in [5.74, 6) is 5.58. The average Bonchev–Trinajstić information content (AvgIpc) is 3.93. The van der Waals surface area contributed by atoms with Gasteiger partial charge in [-0.1, -0.05) is 69.7 Å². The number of rotatable bonds is 6. The minimum atomic E-state index is -3.67. The van der Waals surface area contributed by atoms with Crippen LogP contribution in [0.1, 0.15) is 64.7 Å². The average molecular weight is 864 g/mol. The molecule has 1 spiro atoms. The predicted octanol–water partition coefficient (Wildman–Crippen LogP) is 7.14. The third-order valence-electron chi connectivity index (χ3n) is 12.5. The molecule has 5 aliphatic rings. The van der Waals surface area contributed by atoms with Crippen LogP contribution in [0.4, 0.5) is 11.6 Å². The molecular formula is C41H63N6O6S4+. The lowest BCUT2D eigenvalue weighted by Gasteiger charge is -2.42. The first-order valence-corrected chi connectivity index (χ1v) is 26.0. The van der Waals surface area contributed by atoms with Crippen LogP contribution in [0.5, 0.6) is 0 Å². The Morgan fingerprint density at radius 2 is 1.19 bits per heavy atom. The Hall–Kier alpha value is -2.44. The summed E-state index contributed by atoms with van der Waals surface area (Å²) in [6.07, 6.45) is 13.8.